The highest BCUT2D eigenvalue weighted by molar-refractivity contribution is 5.91. The molecule has 8 heteroatoms. The molecule has 1 heterocycles. The SMILES string of the molecule is CCOC(=O)c1cc(C[C@H](C)OCc2ccccc2)n(-c2ccc(F)cc2OC(F)F)c1CC. The average molecular weight is 476 g/mol. The first-order valence-electron chi connectivity index (χ1n) is 11.1. The van der Waals surface area contributed by atoms with Crippen LogP contribution in [0.3, 0.4) is 0 Å². The van der Waals surface area contributed by atoms with Crippen LogP contribution in [0.5, 0.6) is 5.75 Å². The van der Waals surface area contributed by atoms with Gasteiger partial charge in [0.1, 0.15) is 5.82 Å². The molecule has 5 nitrogen and oxygen atoms in total. The van der Waals surface area contributed by atoms with Crippen molar-refractivity contribution >= 4 is 5.97 Å². The molecule has 1 atom stereocenters. The van der Waals surface area contributed by atoms with Gasteiger partial charge in [0.25, 0.3) is 0 Å². The third-order valence-corrected chi connectivity index (χ3v) is 5.26. The maximum Gasteiger partial charge on any atom is 0.387 e. The van der Waals surface area contributed by atoms with Crippen LogP contribution in [0.15, 0.2) is 54.6 Å². The second-order valence-electron chi connectivity index (χ2n) is 7.71. The van der Waals surface area contributed by atoms with E-state index in [0.717, 1.165) is 17.7 Å². The first-order valence-corrected chi connectivity index (χ1v) is 11.1. The van der Waals surface area contributed by atoms with E-state index in [1.165, 1.54) is 6.07 Å². The summed E-state index contributed by atoms with van der Waals surface area (Å²) in [6.07, 6.45) is 0.498. The van der Waals surface area contributed by atoms with Gasteiger partial charge in [-0.15, -0.1) is 0 Å². The molecule has 0 unspecified atom stereocenters. The lowest BCUT2D eigenvalue weighted by molar-refractivity contribution is -0.0500. The van der Waals surface area contributed by atoms with Crippen LogP contribution in [-0.2, 0) is 28.9 Å². The molecule has 34 heavy (non-hydrogen) atoms. The number of esters is 1. The van der Waals surface area contributed by atoms with E-state index in [2.05, 4.69) is 4.74 Å². The van der Waals surface area contributed by atoms with Gasteiger partial charge in [0.2, 0.25) is 0 Å². The molecule has 0 fully saturated rings. The Bertz CT molecular complexity index is 1100. The molecule has 0 aliphatic heterocycles. The number of rotatable bonds is 11. The quantitative estimate of drug-likeness (QED) is 0.314. The largest absolute Gasteiger partial charge is 0.462 e. The average Bonchev–Trinajstić information content (AvgIpc) is 3.16. The van der Waals surface area contributed by atoms with Crippen molar-refractivity contribution in [3.05, 3.63) is 82.9 Å². The number of carbonyl (C=O) groups is 1. The maximum absolute atomic E-state index is 13.9. The number of benzene rings is 2. The lowest BCUT2D eigenvalue weighted by Crippen LogP contribution is -2.16. The second kappa shape index (κ2) is 11.7. The normalized spacial score (nSPS) is 12.1. The molecule has 0 N–H and O–H groups in total. The first-order chi connectivity index (χ1) is 16.3. The summed E-state index contributed by atoms with van der Waals surface area (Å²) >= 11 is 0. The Balaban J connectivity index is 2.02. The third kappa shape index (κ3) is 6.20. The predicted octanol–water partition coefficient (Wildman–Crippen LogP) is 6.10. The second-order valence-corrected chi connectivity index (χ2v) is 7.71. The van der Waals surface area contributed by atoms with E-state index < -0.39 is 18.4 Å². The number of ether oxygens (including phenoxy) is 3. The van der Waals surface area contributed by atoms with Crippen LogP contribution in [0.25, 0.3) is 5.69 Å². The fraction of sp³-hybridized carbons (Fsp3) is 0.346. The summed E-state index contributed by atoms with van der Waals surface area (Å²) in [4.78, 5) is 12.7. The van der Waals surface area contributed by atoms with E-state index in [4.69, 9.17) is 9.47 Å². The van der Waals surface area contributed by atoms with Gasteiger partial charge < -0.3 is 18.8 Å². The van der Waals surface area contributed by atoms with E-state index in [0.29, 0.717) is 36.4 Å². The van der Waals surface area contributed by atoms with Crippen molar-refractivity contribution in [2.75, 3.05) is 6.61 Å². The standard InChI is InChI=1S/C26H28F3NO4/c1-4-22-21(25(31)32-5-2)15-20(13-17(3)33-16-18-9-7-6-8-10-18)30(22)23-12-11-19(27)14-24(23)34-26(28)29/h6-12,14-15,17,26H,4-5,13,16H2,1-3H3/t17-/m0/s1. The van der Waals surface area contributed by atoms with Gasteiger partial charge in [-0.05, 0) is 44.0 Å². The molecule has 0 bridgehead atoms. The van der Waals surface area contributed by atoms with Crippen LogP contribution in [-0.4, -0.2) is 29.9 Å². The molecule has 0 aliphatic carbocycles. The van der Waals surface area contributed by atoms with Crippen LogP contribution in [0, 0.1) is 5.82 Å². The number of halogens is 3. The molecule has 1 aromatic heterocycles. The Morgan fingerprint density at radius 3 is 2.44 bits per heavy atom. The molecule has 0 spiro atoms. The van der Waals surface area contributed by atoms with Crippen LogP contribution in [0.4, 0.5) is 13.2 Å². The van der Waals surface area contributed by atoms with Crippen LogP contribution in [0.1, 0.15) is 48.1 Å². The highest BCUT2D eigenvalue weighted by Gasteiger charge is 2.25. The molecule has 182 valence electrons. The fourth-order valence-corrected chi connectivity index (χ4v) is 3.82. The highest BCUT2D eigenvalue weighted by Crippen LogP contribution is 2.32. The summed E-state index contributed by atoms with van der Waals surface area (Å²) in [6, 6.07) is 14.8. The van der Waals surface area contributed by atoms with Crippen molar-refractivity contribution in [3.8, 4) is 11.4 Å². The number of aromatic nitrogens is 1. The zero-order chi connectivity index (χ0) is 24.7. The van der Waals surface area contributed by atoms with Gasteiger partial charge in [-0.25, -0.2) is 9.18 Å². The number of hydrogen-bond acceptors (Lipinski definition) is 4. The van der Waals surface area contributed by atoms with E-state index in [1.807, 2.05) is 44.2 Å². The molecule has 0 radical (unpaired) electrons. The summed E-state index contributed by atoms with van der Waals surface area (Å²) < 4.78 is 57.5. The van der Waals surface area contributed by atoms with Gasteiger partial charge in [-0.2, -0.15) is 8.78 Å². The molecule has 0 saturated carbocycles. The fourth-order valence-electron chi connectivity index (χ4n) is 3.82. The topological polar surface area (TPSA) is 49.7 Å². The molecule has 0 aliphatic rings. The zero-order valence-corrected chi connectivity index (χ0v) is 19.4. The van der Waals surface area contributed by atoms with Gasteiger partial charge in [-0.1, -0.05) is 37.3 Å². The first kappa shape index (κ1) is 25.4. The molecule has 2 aromatic carbocycles. The van der Waals surface area contributed by atoms with Crippen molar-refractivity contribution in [1.29, 1.82) is 0 Å². The Morgan fingerprint density at radius 2 is 1.79 bits per heavy atom. The van der Waals surface area contributed by atoms with Crippen molar-refractivity contribution in [2.24, 2.45) is 0 Å². The number of nitrogens with zero attached hydrogens (tertiary/aromatic N) is 1. The van der Waals surface area contributed by atoms with Crippen LogP contribution in [0.2, 0.25) is 0 Å². The molecule has 0 saturated heterocycles. The predicted molar refractivity (Wildman–Crippen MR) is 122 cm³/mol. The lowest BCUT2D eigenvalue weighted by Gasteiger charge is -2.19. The summed E-state index contributed by atoms with van der Waals surface area (Å²) in [5.41, 5.74) is 2.72. The van der Waals surface area contributed by atoms with Gasteiger partial charge in [-0.3, -0.25) is 0 Å². The van der Waals surface area contributed by atoms with E-state index in [1.54, 1.807) is 17.6 Å². The minimum absolute atomic E-state index is 0.190. The highest BCUT2D eigenvalue weighted by atomic mass is 19.3. The van der Waals surface area contributed by atoms with Gasteiger partial charge in [0.05, 0.1) is 30.6 Å². The van der Waals surface area contributed by atoms with E-state index in [9.17, 15) is 18.0 Å². The zero-order valence-electron chi connectivity index (χ0n) is 19.4. The van der Waals surface area contributed by atoms with Crippen molar-refractivity contribution in [1.82, 2.24) is 4.57 Å². The molecular weight excluding hydrogens is 447 g/mol. The minimum Gasteiger partial charge on any atom is -0.462 e. The van der Waals surface area contributed by atoms with E-state index in [-0.39, 0.29) is 24.1 Å². The van der Waals surface area contributed by atoms with Crippen molar-refractivity contribution in [2.45, 2.75) is 52.9 Å². The van der Waals surface area contributed by atoms with Gasteiger partial charge >= 0.3 is 12.6 Å². The number of alkyl halides is 2. The smallest absolute Gasteiger partial charge is 0.387 e. The molecular formula is C26H28F3NO4. The Morgan fingerprint density at radius 1 is 1.06 bits per heavy atom. The Labute approximate surface area is 197 Å². The Hall–Kier alpha value is -3.26. The summed E-state index contributed by atoms with van der Waals surface area (Å²) in [7, 11) is 0. The van der Waals surface area contributed by atoms with Gasteiger partial charge in [0.15, 0.2) is 5.75 Å². The summed E-state index contributed by atoms with van der Waals surface area (Å²) in [5, 5.41) is 0. The number of hydrogen-bond donors (Lipinski definition) is 0. The van der Waals surface area contributed by atoms with E-state index >= 15 is 0 Å². The van der Waals surface area contributed by atoms with Crippen molar-refractivity contribution in [3.63, 3.8) is 0 Å². The monoisotopic (exact) mass is 475 g/mol. The summed E-state index contributed by atoms with van der Waals surface area (Å²) in [6.45, 7) is 2.87. The minimum atomic E-state index is -3.14. The summed E-state index contributed by atoms with van der Waals surface area (Å²) in [5.74, 6) is -1.55. The van der Waals surface area contributed by atoms with Crippen LogP contribution >= 0.6 is 0 Å². The molecule has 0 amide bonds. The lowest BCUT2D eigenvalue weighted by atomic mass is 10.1. The van der Waals surface area contributed by atoms with Gasteiger partial charge in [0, 0.05) is 23.9 Å². The maximum atomic E-state index is 13.9. The Kier molecular flexibility index (Phi) is 8.76. The molecule has 3 aromatic rings. The number of carbonyl (C=O) groups excluding carboxylic acids is 1. The van der Waals surface area contributed by atoms with Crippen LogP contribution < -0.4 is 4.74 Å². The third-order valence-electron chi connectivity index (χ3n) is 5.26. The van der Waals surface area contributed by atoms with Crippen molar-refractivity contribution < 1.29 is 32.2 Å². The molecule has 3 rings (SSSR count).